The maximum absolute atomic E-state index is 14.2. The summed E-state index contributed by atoms with van der Waals surface area (Å²) < 4.78 is 23.4. The Labute approximate surface area is 128 Å². The van der Waals surface area contributed by atoms with Crippen molar-refractivity contribution >= 4 is 28.6 Å². The number of aromatic nitrogens is 3. The molecule has 3 rings (SSSR count). The van der Waals surface area contributed by atoms with E-state index in [9.17, 15) is 9.18 Å². The molecule has 2 heterocycles. The summed E-state index contributed by atoms with van der Waals surface area (Å²) in [6, 6.07) is 4.20. The quantitative estimate of drug-likeness (QED) is 0.675. The van der Waals surface area contributed by atoms with E-state index in [1.165, 1.54) is 19.2 Å². The zero-order valence-electron chi connectivity index (χ0n) is 11.6. The normalized spacial score (nSPS) is 10.9. The molecule has 6 nitrogen and oxygen atoms in total. The van der Waals surface area contributed by atoms with Crippen LogP contribution in [-0.4, -0.2) is 28.4 Å². The van der Waals surface area contributed by atoms with Crippen molar-refractivity contribution in [1.29, 1.82) is 0 Å². The van der Waals surface area contributed by atoms with Gasteiger partial charge in [-0.1, -0.05) is 11.6 Å². The lowest BCUT2D eigenvalue weighted by Crippen LogP contribution is -2.07. The number of hydrogen-bond donors (Lipinski definition) is 0. The number of rotatable bonds is 2. The number of methoxy groups -OCH3 is 1. The number of carbonyl (C=O) groups is 1. The average Bonchev–Trinajstić information content (AvgIpc) is 2.95. The van der Waals surface area contributed by atoms with Crippen molar-refractivity contribution in [3.63, 3.8) is 0 Å². The van der Waals surface area contributed by atoms with Gasteiger partial charge in [0.25, 0.3) is 0 Å². The molecule has 0 aliphatic heterocycles. The molecule has 0 radical (unpaired) electrons. The lowest BCUT2D eigenvalue weighted by Gasteiger charge is -2.09. The number of ether oxygens (including phenoxy) is 1. The molecule has 8 heteroatoms. The minimum Gasteiger partial charge on any atom is -0.464 e. The van der Waals surface area contributed by atoms with Gasteiger partial charge in [0.05, 0.1) is 17.8 Å². The molecule has 0 saturated carbocycles. The van der Waals surface area contributed by atoms with Gasteiger partial charge in [-0.2, -0.15) is 0 Å². The number of aryl methyl sites for hydroxylation is 1. The fourth-order valence-corrected chi connectivity index (χ4v) is 2.20. The molecule has 0 bridgehead atoms. The molecule has 3 aromatic rings. The predicted molar refractivity (Wildman–Crippen MR) is 76.1 cm³/mol. The van der Waals surface area contributed by atoms with E-state index in [1.807, 2.05) is 0 Å². The maximum Gasteiger partial charge on any atom is 0.358 e. The van der Waals surface area contributed by atoms with Crippen molar-refractivity contribution in [3.8, 4) is 11.3 Å². The van der Waals surface area contributed by atoms with Gasteiger partial charge in [0.15, 0.2) is 5.69 Å². The first kappa shape index (κ1) is 14.4. The van der Waals surface area contributed by atoms with Crippen LogP contribution in [0.4, 0.5) is 4.39 Å². The van der Waals surface area contributed by atoms with Crippen molar-refractivity contribution < 1.29 is 18.6 Å². The summed E-state index contributed by atoms with van der Waals surface area (Å²) in [6.45, 7) is 1.69. The number of nitrogens with zero attached hydrogens (tertiary/aromatic N) is 3. The minimum absolute atomic E-state index is 0.0723. The third kappa shape index (κ3) is 2.29. The molecule has 0 aliphatic rings. The Bertz CT molecular complexity index is 894. The van der Waals surface area contributed by atoms with Crippen LogP contribution in [0.15, 0.2) is 22.8 Å². The number of pyridine rings is 1. The zero-order valence-corrected chi connectivity index (χ0v) is 12.3. The molecular formula is C14H9ClFN3O3. The lowest BCUT2D eigenvalue weighted by molar-refractivity contribution is 0.0594. The second kappa shape index (κ2) is 5.34. The van der Waals surface area contributed by atoms with Crippen molar-refractivity contribution in [3.05, 3.63) is 40.3 Å². The standard InChI is InChI=1S/C14H9ClFN3O3/c1-6-3-9(17-13(12(6)15)14(20)21-2)7-4-10-11(5-8(7)16)19-22-18-10/h3-5H,1-2H3. The average molecular weight is 322 g/mol. The van der Waals surface area contributed by atoms with E-state index in [0.717, 1.165) is 0 Å². The maximum atomic E-state index is 14.2. The highest BCUT2D eigenvalue weighted by Crippen LogP contribution is 2.29. The fraction of sp³-hybridized carbons (Fsp3) is 0.143. The first-order valence-corrected chi connectivity index (χ1v) is 6.56. The van der Waals surface area contributed by atoms with E-state index >= 15 is 0 Å². The molecule has 0 unspecified atom stereocenters. The van der Waals surface area contributed by atoms with Crippen molar-refractivity contribution in [2.75, 3.05) is 7.11 Å². The Morgan fingerprint density at radius 3 is 2.64 bits per heavy atom. The van der Waals surface area contributed by atoms with Gasteiger partial charge in [-0.25, -0.2) is 18.8 Å². The van der Waals surface area contributed by atoms with Gasteiger partial charge >= 0.3 is 5.97 Å². The van der Waals surface area contributed by atoms with E-state index in [0.29, 0.717) is 16.6 Å². The Balaban J connectivity index is 2.23. The van der Waals surface area contributed by atoms with Crippen LogP contribution in [0.3, 0.4) is 0 Å². The Hall–Kier alpha value is -2.54. The van der Waals surface area contributed by atoms with E-state index in [-0.39, 0.29) is 22.0 Å². The van der Waals surface area contributed by atoms with Crippen LogP contribution >= 0.6 is 11.6 Å². The molecular weight excluding hydrogens is 313 g/mol. The van der Waals surface area contributed by atoms with Crippen molar-refractivity contribution in [2.45, 2.75) is 6.92 Å². The first-order valence-electron chi connectivity index (χ1n) is 6.19. The van der Waals surface area contributed by atoms with Gasteiger partial charge in [-0.3, -0.25) is 0 Å². The molecule has 0 atom stereocenters. The first-order chi connectivity index (χ1) is 10.5. The van der Waals surface area contributed by atoms with Gasteiger partial charge in [0.1, 0.15) is 16.9 Å². The second-order valence-corrected chi connectivity index (χ2v) is 4.94. The summed E-state index contributed by atoms with van der Waals surface area (Å²) in [5.41, 5.74) is 1.57. The molecule has 0 fully saturated rings. The fourth-order valence-electron chi connectivity index (χ4n) is 2.03. The van der Waals surface area contributed by atoms with Crippen LogP contribution in [0.5, 0.6) is 0 Å². The molecule has 0 aliphatic carbocycles. The van der Waals surface area contributed by atoms with Crippen LogP contribution in [0, 0.1) is 12.7 Å². The van der Waals surface area contributed by atoms with Gasteiger partial charge < -0.3 is 4.74 Å². The summed E-state index contributed by atoms with van der Waals surface area (Å²) in [6.07, 6.45) is 0. The topological polar surface area (TPSA) is 78.1 Å². The lowest BCUT2D eigenvalue weighted by atomic mass is 10.1. The highest BCUT2D eigenvalue weighted by molar-refractivity contribution is 6.34. The zero-order chi connectivity index (χ0) is 15.9. The van der Waals surface area contributed by atoms with E-state index in [1.54, 1.807) is 13.0 Å². The molecule has 2 aromatic heterocycles. The van der Waals surface area contributed by atoms with Crippen LogP contribution in [-0.2, 0) is 4.74 Å². The molecule has 0 saturated heterocycles. The summed E-state index contributed by atoms with van der Waals surface area (Å²) in [5.74, 6) is -1.26. The number of halogens is 2. The Morgan fingerprint density at radius 2 is 1.95 bits per heavy atom. The van der Waals surface area contributed by atoms with Gasteiger partial charge in [0, 0.05) is 11.6 Å². The molecule has 0 amide bonds. The monoisotopic (exact) mass is 321 g/mol. The van der Waals surface area contributed by atoms with E-state index in [2.05, 4.69) is 24.7 Å². The largest absolute Gasteiger partial charge is 0.464 e. The summed E-state index contributed by atoms with van der Waals surface area (Å²) in [5, 5.41) is 7.39. The van der Waals surface area contributed by atoms with Crippen LogP contribution < -0.4 is 0 Å². The van der Waals surface area contributed by atoms with Gasteiger partial charge in [-0.15, -0.1) is 0 Å². The van der Waals surface area contributed by atoms with E-state index in [4.69, 9.17) is 11.6 Å². The van der Waals surface area contributed by atoms with E-state index < -0.39 is 11.8 Å². The van der Waals surface area contributed by atoms with Gasteiger partial charge in [-0.05, 0) is 34.9 Å². The molecule has 112 valence electrons. The molecule has 1 aromatic carbocycles. The number of hydrogen-bond acceptors (Lipinski definition) is 6. The third-order valence-corrected chi connectivity index (χ3v) is 3.61. The van der Waals surface area contributed by atoms with Crippen LogP contribution in [0.25, 0.3) is 22.3 Å². The summed E-state index contributed by atoms with van der Waals surface area (Å²) in [4.78, 5) is 15.8. The molecule has 0 N–H and O–H groups in total. The number of fused-ring (bicyclic) bond motifs is 1. The smallest absolute Gasteiger partial charge is 0.358 e. The highest BCUT2D eigenvalue weighted by Gasteiger charge is 2.19. The Morgan fingerprint density at radius 1 is 1.27 bits per heavy atom. The summed E-state index contributed by atoms with van der Waals surface area (Å²) in [7, 11) is 1.22. The third-order valence-electron chi connectivity index (χ3n) is 3.14. The van der Waals surface area contributed by atoms with Gasteiger partial charge in [0.2, 0.25) is 0 Å². The van der Waals surface area contributed by atoms with Crippen molar-refractivity contribution in [1.82, 2.24) is 15.3 Å². The van der Waals surface area contributed by atoms with Crippen LogP contribution in [0.1, 0.15) is 16.1 Å². The van der Waals surface area contributed by atoms with Crippen molar-refractivity contribution in [2.24, 2.45) is 0 Å². The second-order valence-electron chi connectivity index (χ2n) is 4.56. The number of esters is 1. The SMILES string of the molecule is COC(=O)c1nc(-c2cc3nonc3cc2F)cc(C)c1Cl. The Kier molecular flexibility index (Phi) is 3.50. The number of carbonyl (C=O) groups excluding carboxylic acids is 1. The number of benzene rings is 1. The molecule has 0 spiro atoms. The molecule has 22 heavy (non-hydrogen) atoms. The minimum atomic E-state index is -0.695. The summed E-state index contributed by atoms with van der Waals surface area (Å²) >= 11 is 6.05. The predicted octanol–water partition coefficient (Wildman–Crippen LogP) is 3.17. The highest BCUT2D eigenvalue weighted by atomic mass is 35.5. The van der Waals surface area contributed by atoms with Crippen LogP contribution in [0.2, 0.25) is 5.02 Å².